The smallest absolute Gasteiger partial charge is 0.252 e. The summed E-state index contributed by atoms with van der Waals surface area (Å²) in [7, 11) is 1.80. The predicted octanol–water partition coefficient (Wildman–Crippen LogP) is 2.92. The van der Waals surface area contributed by atoms with Crippen LogP contribution in [0.2, 0.25) is 0 Å². The lowest BCUT2D eigenvalue weighted by molar-refractivity contribution is 0.906. The van der Waals surface area contributed by atoms with Crippen molar-refractivity contribution in [1.82, 2.24) is 4.57 Å². The van der Waals surface area contributed by atoms with E-state index >= 15 is 0 Å². The third-order valence-corrected chi connectivity index (χ3v) is 2.96. The number of nitrogens with one attached hydrogen (secondary N) is 1. The molecule has 0 aliphatic carbocycles. The van der Waals surface area contributed by atoms with Crippen LogP contribution >= 0.6 is 0 Å². The van der Waals surface area contributed by atoms with Crippen LogP contribution in [0.5, 0.6) is 0 Å². The molecule has 2 aromatic rings. The highest BCUT2D eigenvalue weighted by Gasteiger charge is 2.04. The first kappa shape index (κ1) is 12.4. The number of rotatable bonds is 3. The molecule has 0 aliphatic heterocycles. The highest BCUT2D eigenvalue weighted by molar-refractivity contribution is 5.91. The van der Waals surface area contributed by atoms with E-state index in [9.17, 15) is 4.79 Å². The maximum absolute atomic E-state index is 11.9. The lowest BCUT2D eigenvalue weighted by Gasteiger charge is -2.11. The van der Waals surface area contributed by atoms with Gasteiger partial charge in [0.2, 0.25) is 0 Å². The zero-order valence-electron chi connectivity index (χ0n) is 11.0. The Morgan fingerprint density at radius 3 is 2.78 bits per heavy atom. The Balaban J connectivity index is 2.47. The topological polar surface area (TPSA) is 34.0 Å². The van der Waals surface area contributed by atoms with Crippen LogP contribution in [0, 0.1) is 0 Å². The third-order valence-electron chi connectivity index (χ3n) is 2.96. The summed E-state index contributed by atoms with van der Waals surface area (Å²) in [5, 5.41) is 4.37. The van der Waals surface area contributed by atoms with Crippen molar-refractivity contribution in [3.05, 3.63) is 52.3 Å². The Kier molecular flexibility index (Phi) is 3.51. The molecular formula is C15H18N2O. The van der Waals surface area contributed by atoms with E-state index in [-0.39, 0.29) is 5.56 Å². The molecule has 1 N–H and O–H groups in total. The number of pyridine rings is 1. The van der Waals surface area contributed by atoms with Crippen molar-refractivity contribution < 1.29 is 0 Å². The first-order valence-electron chi connectivity index (χ1n) is 6.05. The first-order valence-corrected chi connectivity index (χ1v) is 6.05. The molecule has 1 aromatic carbocycles. The number of aryl methyl sites for hydroxylation is 1. The van der Waals surface area contributed by atoms with E-state index in [4.69, 9.17) is 0 Å². The van der Waals surface area contributed by atoms with Crippen molar-refractivity contribution in [3.8, 4) is 0 Å². The fourth-order valence-corrected chi connectivity index (χ4v) is 1.92. The van der Waals surface area contributed by atoms with Crippen LogP contribution in [0.4, 0.5) is 5.69 Å². The van der Waals surface area contributed by atoms with Crippen LogP contribution in [0.3, 0.4) is 0 Å². The van der Waals surface area contributed by atoms with E-state index in [1.54, 1.807) is 17.7 Å². The molecule has 1 aromatic heterocycles. The van der Waals surface area contributed by atoms with Gasteiger partial charge in [0.05, 0.1) is 5.52 Å². The molecule has 0 unspecified atom stereocenters. The highest BCUT2D eigenvalue weighted by Crippen LogP contribution is 2.20. The van der Waals surface area contributed by atoms with Crippen LogP contribution < -0.4 is 10.9 Å². The van der Waals surface area contributed by atoms with E-state index in [0.717, 1.165) is 23.1 Å². The van der Waals surface area contributed by atoms with E-state index < -0.39 is 0 Å². The molecule has 94 valence electrons. The molecule has 3 nitrogen and oxygen atoms in total. The average molecular weight is 242 g/mol. The summed E-state index contributed by atoms with van der Waals surface area (Å²) in [6.45, 7) is 4.85. The molecule has 0 amide bonds. The number of benzene rings is 1. The lowest BCUT2D eigenvalue weighted by atomic mass is 10.2. The molecular weight excluding hydrogens is 224 g/mol. The molecule has 0 radical (unpaired) electrons. The van der Waals surface area contributed by atoms with Gasteiger partial charge in [-0.05, 0) is 19.9 Å². The molecule has 3 heteroatoms. The maximum Gasteiger partial charge on any atom is 0.252 e. The number of anilines is 1. The van der Waals surface area contributed by atoms with Crippen LogP contribution in [-0.2, 0) is 7.05 Å². The van der Waals surface area contributed by atoms with Crippen LogP contribution in [-0.4, -0.2) is 11.1 Å². The second-order valence-corrected chi connectivity index (χ2v) is 4.63. The van der Waals surface area contributed by atoms with Gasteiger partial charge in [0, 0.05) is 30.7 Å². The molecule has 0 fully saturated rings. The van der Waals surface area contributed by atoms with E-state index in [1.807, 2.05) is 24.3 Å². The largest absolute Gasteiger partial charge is 0.381 e. The Labute approximate surface area is 107 Å². The number of fused-ring (bicyclic) bond motifs is 1. The van der Waals surface area contributed by atoms with Gasteiger partial charge >= 0.3 is 0 Å². The third kappa shape index (κ3) is 2.45. The molecule has 2 rings (SSSR count). The van der Waals surface area contributed by atoms with Crippen LogP contribution in [0.15, 0.2) is 46.8 Å². The normalized spacial score (nSPS) is 10.4. The second kappa shape index (κ2) is 5.08. The van der Waals surface area contributed by atoms with Crippen LogP contribution in [0.1, 0.15) is 13.8 Å². The maximum atomic E-state index is 11.9. The standard InChI is InChI=1S/C15H18N2O/c1-11(2)8-9-16-13-10-15(18)17(3)14-7-5-4-6-12(13)14/h4-8,10,16H,9H2,1-3H3. The summed E-state index contributed by atoms with van der Waals surface area (Å²) in [5.74, 6) is 0. The summed E-state index contributed by atoms with van der Waals surface area (Å²) in [4.78, 5) is 11.9. The van der Waals surface area contributed by atoms with Crippen molar-refractivity contribution in [1.29, 1.82) is 0 Å². The van der Waals surface area contributed by atoms with Gasteiger partial charge in [-0.15, -0.1) is 0 Å². The van der Waals surface area contributed by atoms with E-state index in [1.165, 1.54) is 5.57 Å². The first-order chi connectivity index (χ1) is 8.59. The summed E-state index contributed by atoms with van der Waals surface area (Å²) in [5.41, 5.74) is 3.11. The fourth-order valence-electron chi connectivity index (χ4n) is 1.92. The van der Waals surface area contributed by atoms with E-state index in [2.05, 4.69) is 25.2 Å². The second-order valence-electron chi connectivity index (χ2n) is 4.63. The molecule has 0 bridgehead atoms. The molecule has 0 atom stereocenters. The monoisotopic (exact) mass is 242 g/mol. The number of nitrogens with zero attached hydrogens (tertiary/aromatic N) is 1. The predicted molar refractivity (Wildman–Crippen MR) is 77.1 cm³/mol. The summed E-state index contributed by atoms with van der Waals surface area (Å²) < 4.78 is 1.67. The number of para-hydroxylation sites is 1. The lowest BCUT2D eigenvalue weighted by Crippen LogP contribution is -2.17. The summed E-state index contributed by atoms with van der Waals surface area (Å²) in [6.07, 6.45) is 2.10. The van der Waals surface area contributed by atoms with Crippen molar-refractivity contribution in [3.63, 3.8) is 0 Å². The molecule has 18 heavy (non-hydrogen) atoms. The molecule has 0 saturated heterocycles. The highest BCUT2D eigenvalue weighted by atomic mass is 16.1. The number of aromatic nitrogens is 1. The Bertz CT molecular complexity index is 649. The SMILES string of the molecule is CC(C)=CCNc1cc(=O)n(C)c2ccccc12. The fraction of sp³-hybridized carbons (Fsp3) is 0.267. The van der Waals surface area contributed by atoms with Gasteiger partial charge in [-0.1, -0.05) is 29.8 Å². The molecule has 0 aliphatic rings. The van der Waals surface area contributed by atoms with Gasteiger partial charge in [0.15, 0.2) is 0 Å². The van der Waals surface area contributed by atoms with Gasteiger partial charge in [0.1, 0.15) is 0 Å². The van der Waals surface area contributed by atoms with E-state index in [0.29, 0.717) is 0 Å². The Morgan fingerprint density at radius 1 is 1.33 bits per heavy atom. The molecule has 1 heterocycles. The van der Waals surface area contributed by atoms with Crippen molar-refractivity contribution >= 4 is 16.6 Å². The Hall–Kier alpha value is -2.03. The van der Waals surface area contributed by atoms with Crippen LogP contribution in [0.25, 0.3) is 10.9 Å². The number of hydrogen-bond acceptors (Lipinski definition) is 2. The van der Waals surface area contributed by atoms with Gasteiger partial charge < -0.3 is 9.88 Å². The Morgan fingerprint density at radius 2 is 2.06 bits per heavy atom. The summed E-state index contributed by atoms with van der Waals surface area (Å²) in [6, 6.07) is 9.57. The molecule has 0 spiro atoms. The minimum atomic E-state index is 0.00778. The van der Waals surface area contributed by atoms with Gasteiger partial charge in [-0.2, -0.15) is 0 Å². The van der Waals surface area contributed by atoms with Gasteiger partial charge in [-0.3, -0.25) is 4.79 Å². The number of hydrogen-bond donors (Lipinski definition) is 1. The van der Waals surface area contributed by atoms with Crippen molar-refractivity contribution in [2.24, 2.45) is 7.05 Å². The minimum absolute atomic E-state index is 0.00778. The minimum Gasteiger partial charge on any atom is -0.381 e. The van der Waals surface area contributed by atoms with Gasteiger partial charge in [0.25, 0.3) is 5.56 Å². The summed E-state index contributed by atoms with van der Waals surface area (Å²) >= 11 is 0. The van der Waals surface area contributed by atoms with Crippen molar-refractivity contribution in [2.45, 2.75) is 13.8 Å². The molecule has 0 saturated carbocycles. The zero-order chi connectivity index (χ0) is 13.1. The quantitative estimate of drug-likeness (QED) is 0.840. The number of allylic oxidation sites excluding steroid dienone is 1. The zero-order valence-corrected chi connectivity index (χ0v) is 11.0. The van der Waals surface area contributed by atoms with Crippen molar-refractivity contribution in [2.75, 3.05) is 11.9 Å². The average Bonchev–Trinajstić information content (AvgIpc) is 2.35. The van der Waals surface area contributed by atoms with Gasteiger partial charge in [-0.25, -0.2) is 0 Å².